The van der Waals surface area contributed by atoms with Crippen LogP contribution in [0, 0.1) is 0 Å². The van der Waals surface area contributed by atoms with Crippen LogP contribution in [-0.2, 0) is 11.2 Å². The molecule has 0 bridgehead atoms. The standard InChI is InChI=1S/C16H23BrN2O2/c1-16(2,3)21-15(20)19-8-7-13(18)14(19)10-11-5-4-6-12(17)9-11/h4-6,9,13-14H,7-8,10,18H2,1-3H3. The molecule has 1 amide bonds. The Balaban J connectivity index is 2.10. The zero-order valence-electron chi connectivity index (χ0n) is 12.8. The second-order valence-electron chi connectivity index (χ2n) is 6.53. The number of halogens is 1. The average Bonchev–Trinajstić information content (AvgIpc) is 2.69. The third kappa shape index (κ3) is 4.45. The van der Waals surface area contributed by atoms with Crippen molar-refractivity contribution in [2.24, 2.45) is 5.73 Å². The van der Waals surface area contributed by atoms with Gasteiger partial charge in [-0.2, -0.15) is 0 Å². The van der Waals surface area contributed by atoms with Gasteiger partial charge in [0.25, 0.3) is 0 Å². The molecule has 2 atom stereocenters. The molecule has 1 saturated heterocycles. The fourth-order valence-corrected chi connectivity index (χ4v) is 3.04. The number of hydrogen-bond acceptors (Lipinski definition) is 3. The van der Waals surface area contributed by atoms with Gasteiger partial charge in [-0.05, 0) is 51.3 Å². The lowest BCUT2D eigenvalue weighted by molar-refractivity contribution is 0.0220. The van der Waals surface area contributed by atoms with E-state index in [9.17, 15) is 4.79 Å². The summed E-state index contributed by atoms with van der Waals surface area (Å²) < 4.78 is 6.52. The SMILES string of the molecule is CC(C)(C)OC(=O)N1CCC(N)C1Cc1cccc(Br)c1. The molecule has 1 heterocycles. The maximum absolute atomic E-state index is 12.3. The second kappa shape index (κ2) is 6.36. The molecule has 1 aliphatic rings. The van der Waals surface area contributed by atoms with Crippen LogP contribution in [0.3, 0.4) is 0 Å². The summed E-state index contributed by atoms with van der Waals surface area (Å²) in [4.78, 5) is 14.1. The summed E-state index contributed by atoms with van der Waals surface area (Å²) in [6, 6.07) is 8.11. The zero-order chi connectivity index (χ0) is 15.6. The summed E-state index contributed by atoms with van der Waals surface area (Å²) in [7, 11) is 0. The maximum Gasteiger partial charge on any atom is 0.410 e. The van der Waals surface area contributed by atoms with Crippen LogP contribution in [0.1, 0.15) is 32.8 Å². The number of carbonyl (C=O) groups excluding carboxylic acids is 1. The molecule has 0 radical (unpaired) electrons. The number of ether oxygens (including phenoxy) is 1. The van der Waals surface area contributed by atoms with E-state index in [0.29, 0.717) is 6.54 Å². The largest absolute Gasteiger partial charge is 0.444 e. The lowest BCUT2D eigenvalue weighted by atomic mass is 10.0. The highest BCUT2D eigenvalue weighted by Crippen LogP contribution is 2.24. The zero-order valence-corrected chi connectivity index (χ0v) is 14.4. The number of rotatable bonds is 2. The van der Waals surface area contributed by atoms with Gasteiger partial charge in [0.1, 0.15) is 5.60 Å². The summed E-state index contributed by atoms with van der Waals surface area (Å²) >= 11 is 3.47. The molecule has 1 aromatic carbocycles. The Morgan fingerprint density at radius 1 is 1.48 bits per heavy atom. The molecule has 0 aromatic heterocycles. The molecule has 1 fully saturated rings. The summed E-state index contributed by atoms with van der Waals surface area (Å²) in [6.07, 6.45) is 1.30. The van der Waals surface area contributed by atoms with E-state index in [1.54, 1.807) is 4.90 Å². The minimum atomic E-state index is -0.482. The molecule has 4 nitrogen and oxygen atoms in total. The van der Waals surface area contributed by atoms with Crippen molar-refractivity contribution in [3.8, 4) is 0 Å². The summed E-state index contributed by atoms with van der Waals surface area (Å²) in [6.45, 7) is 6.30. The Morgan fingerprint density at radius 3 is 2.81 bits per heavy atom. The molecule has 2 N–H and O–H groups in total. The summed E-state index contributed by atoms with van der Waals surface area (Å²) in [5.74, 6) is 0. The first-order valence-corrected chi connectivity index (χ1v) is 8.05. The fourth-order valence-electron chi connectivity index (χ4n) is 2.59. The van der Waals surface area contributed by atoms with Crippen molar-refractivity contribution in [3.63, 3.8) is 0 Å². The Hall–Kier alpha value is -1.07. The Bertz CT molecular complexity index is 513. The molecule has 21 heavy (non-hydrogen) atoms. The minimum absolute atomic E-state index is 0.00324. The first kappa shape index (κ1) is 16.3. The predicted octanol–water partition coefficient (Wildman–Crippen LogP) is 3.33. The quantitative estimate of drug-likeness (QED) is 0.885. The van der Waals surface area contributed by atoms with Gasteiger partial charge in [-0.25, -0.2) is 4.79 Å². The third-order valence-electron chi connectivity index (χ3n) is 3.56. The van der Waals surface area contributed by atoms with Crippen molar-refractivity contribution in [3.05, 3.63) is 34.3 Å². The van der Waals surface area contributed by atoms with Gasteiger partial charge in [0.15, 0.2) is 0 Å². The highest BCUT2D eigenvalue weighted by atomic mass is 79.9. The van der Waals surface area contributed by atoms with Crippen molar-refractivity contribution >= 4 is 22.0 Å². The smallest absolute Gasteiger partial charge is 0.410 e. The summed E-state index contributed by atoms with van der Waals surface area (Å²) in [5.41, 5.74) is 6.88. The molecule has 0 spiro atoms. The number of nitrogens with two attached hydrogens (primary N) is 1. The van der Waals surface area contributed by atoms with Gasteiger partial charge < -0.3 is 15.4 Å². The van der Waals surface area contributed by atoms with E-state index in [1.807, 2.05) is 32.9 Å². The number of nitrogens with zero attached hydrogens (tertiary/aromatic N) is 1. The molecular weight excluding hydrogens is 332 g/mol. The fraction of sp³-hybridized carbons (Fsp3) is 0.562. The van der Waals surface area contributed by atoms with Crippen LogP contribution in [0.15, 0.2) is 28.7 Å². The van der Waals surface area contributed by atoms with Crippen LogP contribution in [0.25, 0.3) is 0 Å². The predicted molar refractivity (Wildman–Crippen MR) is 87.2 cm³/mol. The van der Waals surface area contributed by atoms with Crippen molar-refractivity contribution in [2.45, 2.75) is 51.3 Å². The lowest BCUT2D eigenvalue weighted by Crippen LogP contribution is -2.46. The minimum Gasteiger partial charge on any atom is -0.444 e. The van der Waals surface area contributed by atoms with E-state index < -0.39 is 5.60 Å². The summed E-state index contributed by atoms with van der Waals surface area (Å²) in [5, 5.41) is 0. The van der Waals surface area contributed by atoms with Gasteiger partial charge in [0.05, 0.1) is 6.04 Å². The van der Waals surface area contributed by atoms with E-state index in [0.717, 1.165) is 17.3 Å². The average molecular weight is 355 g/mol. The van der Waals surface area contributed by atoms with Gasteiger partial charge in [-0.1, -0.05) is 28.1 Å². The Kier molecular flexibility index (Phi) is 4.94. The normalized spacial score (nSPS) is 22.4. The van der Waals surface area contributed by atoms with Crippen LogP contribution in [0.5, 0.6) is 0 Å². The molecule has 116 valence electrons. The molecule has 2 unspecified atom stereocenters. The number of amides is 1. The number of likely N-dealkylation sites (tertiary alicyclic amines) is 1. The number of benzene rings is 1. The lowest BCUT2D eigenvalue weighted by Gasteiger charge is -2.30. The van der Waals surface area contributed by atoms with E-state index in [1.165, 1.54) is 5.56 Å². The van der Waals surface area contributed by atoms with Crippen molar-refractivity contribution in [1.29, 1.82) is 0 Å². The van der Waals surface area contributed by atoms with Crippen molar-refractivity contribution in [1.82, 2.24) is 4.90 Å². The molecule has 1 aromatic rings. The topological polar surface area (TPSA) is 55.6 Å². The van der Waals surface area contributed by atoms with Gasteiger partial charge in [0, 0.05) is 17.1 Å². The van der Waals surface area contributed by atoms with E-state index in [-0.39, 0.29) is 18.2 Å². The van der Waals surface area contributed by atoms with Crippen LogP contribution in [0.2, 0.25) is 0 Å². The first-order chi connectivity index (χ1) is 9.76. The Labute approximate surface area is 134 Å². The number of carbonyl (C=O) groups is 1. The molecular formula is C16H23BrN2O2. The monoisotopic (exact) mass is 354 g/mol. The molecule has 0 aliphatic carbocycles. The van der Waals surface area contributed by atoms with Crippen molar-refractivity contribution in [2.75, 3.05) is 6.54 Å². The highest BCUT2D eigenvalue weighted by Gasteiger charge is 2.37. The third-order valence-corrected chi connectivity index (χ3v) is 4.05. The molecule has 0 saturated carbocycles. The second-order valence-corrected chi connectivity index (χ2v) is 7.44. The van der Waals surface area contributed by atoms with Crippen molar-refractivity contribution < 1.29 is 9.53 Å². The molecule has 5 heteroatoms. The van der Waals surface area contributed by atoms with Crippen LogP contribution < -0.4 is 5.73 Å². The van der Waals surface area contributed by atoms with Crippen LogP contribution in [-0.4, -0.2) is 35.2 Å². The Morgan fingerprint density at radius 2 is 2.19 bits per heavy atom. The van der Waals surface area contributed by atoms with Crippen LogP contribution in [0.4, 0.5) is 4.79 Å². The molecule has 1 aliphatic heterocycles. The van der Waals surface area contributed by atoms with E-state index in [4.69, 9.17) is 10.5 Å². The first-order valence-electron chi connectivity index (χ1n) is 7.26. The van der Waals surface area contributed by atoms with E-state index in [2.05, 4.69) is 28.1 Å². The van der Waals surface area contributed by atoms with Gasteiger partial charge in [0.2, 0.25) is 0 Å². The molecule has 2 rings (SSSR count). The van der Waals surface area contributed by atoms with E-state index >= 15 is 0 Å². The van der Waals surface area contributed by atoms with Crippen LogP contribution >= 0.6 is 15.9 Å². The highest BCUT2D eigenvalue weighted by molar-refractivity contribution is 9.10. The number of hydrogen-bond donors (Lipinski definition) is 1. The van der Waals surface area contributed by atoms with Gasteiger partial charge in [-0.15, -0.1) is 0 Å². The maximum atomic E-state index is 12.3. The van der Waals surface area contributed by atoms with Gasteiger partial charge in [-0.3, -0.25) is 0 Å². The van der Waals surface area contributed by atoms with Gasteiger partial charge >= 0.3 is 6.09 Å².